The molecule has 1 aliphatic rings. The first-order valence-electron chi connectivity index (χ1n) is 5.78. The molecule has 0 saturated carbocycles. The fourth-order valence-electron chi connectivity index (χ4n) is 1.91. The van der Waals surface area contributed by atoms with Crippen molar-refractivity contribution in [3.63, 3.8) is 0 Å². The molecule has 1 aromatic heterocycles. The molecule has 1 aromatic carbocycles. The summed E-state index contributed by atoms with van der Waals surface area (Å²) in [5, 5.41) is 0. The van der Waals surface area contributed by atoms with Crippen LogP contribution in [0.25, 0.3) is 6.08 Å². The van der Waals surface area contributed by atoms with Gasteiger partial charge in [-0.15, -0.1) is 0 Å². The SMILES string of the molecule is Nc1ncc(/C=C2\COc3ccccc3C2=O)cn1. The lowest BCUT2D eigenvalue weighted by atomic mass is 9.99. The number of hydrogen-bond acceptors (Lipinski definition) is 5. The predicted molar refractivity (Wildman–Crippen MR) is 70.7 cm³/mol. The molecular formula is C14H11N3O2. The Bertz CT molecular complexity index is 663. The van der Waals surface area contributed by atoms with Gasteiger partial charge in [-0.2, -0.15) is 0 Å². The first-order valence-corrected chi connectivity index (χ1v) is 5.78. The number of rotatable bonds is 1. The molecule has 94 valence electrons. The fraction of sp³-hybridized carbons (Fsp3) is 0.0714. The summed E-state index contributed by atoms with van der Waals surface area (Å²) in [5.74, 6) is 0.801. The van der Waals surface area contributed by atoms with Crippen LogP contribution in [0.5, 0.6) is 5.75 Å². The van der Waals surface area contributed by atoms with Crippen molar-refractivity contribution in [3.05, 3.63) is 53.4 Å². The molecular weight excluding hydrogens is 242 g/mol. The Morgan fingerprint density at radius 1 is 1.21 bits per heavy atom. The number of nitrogens with two attached hydrogens (primary N) is 1. The Morgan fingerprint density at radius 2 is 1.95 bits per heavy atom. The van der Waals surface area contributed by atoms with Crippen molar-refractivity contribution in [2.75, 3.05) is 12.3 Å². The van der Waals surface area contributed by atoms with Crippen LogP contribution in [-0.2, 0) is 0 Å². The summed E-state index contributed by atoms with van der Waals surface area (Å²) in [4.78, 5) is 20.0. The normalized spacial score (nSPS) is 16.0. The molecule has 0 radical (unpaired) electrons. The van der Waals surface area contributed by atoms with Gasteiger partial charge in [0.25, 0.3) is 0 Å². The number of fused-ring (bicyclic) bond motifs is 1. The van der Waals surface area contributed by atoms with E-state index in [-0.39, 0.29) is 18.3 Å². The fourth-order valence-corrected chi connectivity index (χ4v) is 1.91. The zero-order valence-corrected chi connectivity index (χ0v) is 10.0. The van der Waals surface area contributed by atoms with Crippen molar-refractivity contribution >= 4 is 17.8 Å². The van der Waals surface area contributed by atoms with Gasteiger partial charge in [0.15, 0.2) is 5.78 Å². The third kappa shape index (κ3) is 2.18. The van der Waals surface area contributed by atoms with E-state index in [1.54, 1.807) is 30.6 Å². The van der Waals surface area contributed by atoms with Crippen LogP contribution in [0.1, 0.15) is 15.9 Å². The summed E-state index contributed by atoms with van der Waals surface area (Å²) in [7, 11) is 0. The number of para-hydroxylation sites is 1. The number of nitrogen functional groups attached to an aromatic ring is 1. The first kappa shape index (κ1) is 11.4. The van der Waals surface area contributed by atoms with E-state index in [0.29, 0.717) is 16.9 Å². The van der Waals surface area contributed by atoms with Gasteiger partial charge in [0.05, 0.1) is 5.56 Å². The van der Waals surface area contributed by atoms with Crippen LogP contribution in [0.2, 0.25) is 0 Å². The lowest BCUT2D eigenvalue weighted by Gasteiger charge is -2.18. The number of anilines is 1. The van der Waals surface area contributed by atoms with Gasteiger partial charge < -0.3 is 10.5 Å². The van der Waals surface area contributed by atoms with Crippen LogP contribution < -0.4 is 10.5 Å². The van der Waals surface area contributed by atoms with Gasteiger partial charge in [0.1, 0.15) is 12.4 Å². The van der Waals surface area contributed by atoms with Gasteiger partial charge in [-0.25, -0.2) is 9.97 Å². The highest BCUT2D eigenvalue weighted by atomic mass is 16.5. The third-order valence-corrected chi connectivity index (χ3v) is 2.84. The molecule has 5 heteroatoms. The summed E-state index contributed by atoms with van der Waals surface area (Å²) in [6, 6.07) is 7.20. The van der Waals surface area contributed by atoms with Crippen molar-refractivity contribution in [2.24, 2.45) is 0 Å². The highest BCUT2D eigenvalue weighted by Crippen LogP contribution is 2.27. The maximum absolute atomic E-state index is 12.3. The molecule has 19 heavy (non-hydrogen) atoms. The van der Waals surface area contributed by atoms with Crippen molar-refractivity contribution in [1.29, 1.82) is 0 Å². The zero-order valence-electron chi connectivity index (χ0n) is 10.0. The minimum Gasteiger partial charge on any atom is -0.488 e. The maximum Gasteiger partial charge on any atom is 0.219 e. The number of aromatic nitrogens is 2. The van der Waals surface area contributed by atoms with Gasteiger partial charge in [0, 0.05) is 23.5 Å². The molecule has 2 heterocycles. The topological polar surface area (TPSA) is 78.1 Å². The Morgan fingerprint density at radius 3 is 2.74 bits per heavy atom. The highest BCUT2D eigenvalue weighted by Gasteiger charge is 2.22. The molecule has 5 nitrogen and oxygen atoms in total. The molecule has 0 unspecified atom stereocenters. The molecule has 2 aromatic rings. The molecule has 0 spiro atoms. The third-order valence-electron chi connectivity index (χ3n) is 2.84. The monoisotopic (exact) mass is 253 g/mol. The minimum atomic E-state index is -0.0290. The molecule has 0 fully saturated rings. The highest BCUT2D eigenvalue weighted by molar-refractivity contribution is 6.13. The van der Waals surface area contributed by atoms with Crippen LogP contribution in [0.15, 0.2) is 42.2 Å². The van der Waals surface area contributed by atoms with E-state index < -0.39 is 0 Å². The molecule has 0 amide bonds. The number of ether oxygens (including phenoxy) is 1. The summed E-state index contributed by atoms with van der Waals surface area (Å²) in [5.41, 5.74) is 7.29. The van der Waals surface area contributed by atoms with E-state index in [9.17, 15) is 4.79 Å². The van der Waals surface area contributed by atoms with Crippen molar-refractivity contribution in [1.82, 2.24) is 9.97 Å². The molecule has 0 aliphatic carbocycles. The van der Waals surface area contributed by atoms with Crippen LogP contribution in [-0.4, -0.2) is 22.4 Å². The Hall–Kier alpha value is -2.69. The number of Topliss-reactive ketones (excluding diaryl/α,β-unsaturated/α-hetero) is 1. The maximum atomic E-state index is 12.3. The molecule has 0 saturated heterocycles. The summed E-state index contributed by atoms with van der Waals surface area (Å²) < 4.78 is 5.55. The molecule has 0 bridgehead atoms. The number of nitrogens with zero attached hydrogens (tertiary/aromatic N) is 2. The van der Waals surface area contributed by atoms with Crippen molar-refractivity contribution < 1.29 is 9.53 Å². The molecule has 2 N–H and O–H groups in total. The Balaban J connectivity index is 1.96. The van der Waals surface area contributed by atoms with E-state index in [2.05, 4.69) is 9.97 Å². The second-order valence-electron chi connectivity index (χ2n) is 4.16. The number of carbonyl (C=O) groups excluding carboxylic acids is 1. The van der Waals surface area contributed by atoms with E-state index in [1.807, 2.05) is 12.1 Å². The van der Waals surface area contributed by atoms with Crippen LogP contribution in [0.4, 0.5) is 5.95 Å². The average molecular weight is 253 g/mol. The van der Waals surface area contributed by atoms with Crippen LogP contribution in [0.3, 0.4) is 0 Å². The first-order chi connectivity index (χ1) is 9.24. The quantitative estimate of drug-likeness (QED) is 0.783. The van der Waals surface area contributed by atoms with Gasteiger partial charge in [0.2, 0.25) is 5.95 Å². The van der Waals surface area contributed by atoms with Gasteiger partial charge in [-0.05, 0) is 18.2 Å². The minimum absolute atomic E-state index is 0.0290. The van der Waals surface area contributed by atoms with E-state index in [0.717, 1.165) is 5.56 Å². The lowest BCUT2D eigenvalue weighted by Crippen LogP contribution is -2.18. The van der Waals surface area contributed by atoms with E-state index in [4.69, 9.17) is 10.5 Å². The number of benzene rings is 1. The smallest absolute Gasteiger partial charge is 0.219 e. The molecule has 0 atom stereocenters. The molecule has 1 aliphatic heterocycles. The summed E-state index contributed by atoms with van der Waals surface area (Å²) in [6.07, 6.45) is 4.87. The lowest BCUT2D eigenvalue weighted by molar-refractivity contribution is 0.100. The van der Waals surface area contributed by atoms with Crippen molar-refractivity contribution in [3.8, 4) is 5.75 Å². The zero-order chi connectivity index (χ0) is 13.2. The average Bonchev–Trinajstić information content (AvgIpc) is 2.45. The number of hydrogen-bond donors (Lipinski definition) is 1. The molecule has 3 rings (SSSR count). The van der Waals surface area contributed by atoms with E-state index in [1.165, 1.54) is 0 Å². The number of ketones is 1. The second kappa shape index (κ2) is 4.53. The Kier molecular flexibility index (Phi) is 2.72. The van der Waals surface area contributed by atoms with Crippen LogP contribution >= 0.6 is 0 Å². The summed E-state index contributed by atoms with van der Waals surface area (Å²) >= 11 is 0. The largest absolute Gasteiger partial charge is 0.488 e. The van der Waals surface area contributed by atoms with Gasteiger partial charge in [-0.3, -0.25) is 4.79 Å². The number of carbonyl (C=O) groups is 1. The second-order valence-corrected chi connectivity index (χ2v) is 4.16. The predicted octanol–water partition coefficient (Wildman–Crippen LogP) is 1.72. The van der Waals surface area contributed by atoms with Gasteiger partial charge in [-0.1, -0.05) is 12.1 Å². The van der Waals surface area contributed by atoms with Crippen LogP contribution in [0, 0.1) is 0 Å². The van der Waals surface area contributed by atoms with E-state index >= 15 is 0 Å². The van der Waals surface area contributed by atoms with Crippen molar-refractivity contribution in [2.45, 2.75) is 0 Å². The summed E-state index contributed by atoms with van der Waals surface area (Å²) in [6.45, 7) is 0.250. The standard InChI is InChI=1S/C14H11N3O2/c15-14-16-6-9(7-17-14)5-10-8-19-12-4-2-1-3-11(12)13(10)18/h1-7H,8H2,(H2,15,16,17)/b10-5+. The Labute approximate surface area is 109 Å². The van der Waals surface area contributed by atoms with Gasteiger partial charge >= 0.3 is 0 Å².